The largest absolute Gasteiger partial charge is 0.481 e. The summed E-state index contributed by atoms with van der Waals surface area (Å²) in [5, 5.41) is 9.59. The molecule has 0 saturated heterocycles. The number of thioether (sulfide) groups is 1. The molecular weight excluding hydrogens is 236 g/mol. The molecule has 1 aliphatic rings. The summed E-state index contributed by atoms with van der Waals surface area (Å²) in [5.74, 6) is 0.0491. The molecule has 1 aromatic rings. The van der Waals surface area contributed by atoms with Gasteiger partial charge in [0, 0.05) is 17.9 Å². The lowest BCUT2D eigenvalue weighted by Gasteiger charge is -2.09. The zero-order valence-electron chi connectivity index (χ0n) is 10.2. The first-order chi connectivity index (χ1) is 8.17. The number of hydrogen-bond donors (Lipinski definition) is 1. The molecule has 1 fully saturated rings. The monoisotopic (exact) mass is 254 g/mol. The minimum absolute atomic E-state index is 0.0870. The molecule has 0 aliphatic heterocycles. The second-order valence-electron chi connectivity index (χ2n) is 4.41. The highest BCUT2D eigenvalue weighted by Gasteiger charge is 2.39. The molecule has 17 heavy (non-hydrogen) atoms. The smallest absolute Gasteiger partial charge is 0.313 e. The van der Waals surface area contributed by atoms with Gasteiger partial charge in [-0.05, 0) is 18.8 Å². The Morgan fingerprint density at radius 1 is 1.65 bits per heavy atom. The molecule has 2 rings (SSSR count). The van der Waals surface area contributed by atoms with Gasteiger partial charge in [-0.25, -0.2) is 4.98 Å². The first-order valence-electron chi connectivity index (χ1n) is 6.08. The molecule has 1 aliphatic carbocycles. The molecule has 4 nitrogen and oxygen atoms in total. The molecule has 94 valence electrons. The topological polar surface area (TPSA) is 55.1 Å². The van der Waals surface area contributed by atoms with E-state index in [2.05, 4.69) is 23.4 Å². The van der Waals surface area contributed by atoms with Crippen molar-refractivity contribution in [2.75, 3.05) is 5.75 Å². The summed E-state index contributed by atoms with van der Waals surface area (Å²) in [4.78, 5) is 15.0. The number of imidazole rings is 1. The van der Waals surface area contributed by atoms with Gasteiger partial charge < -0.3 is 9.67 Å². The third-order valence-corrected chi connectivity index (χ3v) is 4.22. The quantitative estimate of drug-likeness (QED) is 0.793. The molecule has 0 radical (unpaired) electrons. The lowest BCUT2D eigenvalue weighted by Crippen LogP contribution is -2.05. The summed E-state index contributed by atoms with van der Waals surface area (Å²) in [6.45, 7) is 4.32. The molecule has 0 aromatic carbocycles. The Balaban J connectivity index is 2.15. The van der Waals surface area contributed by atoms with Crippen LogP contribution in [0.15, 0.2) is 11.4 Å². The molecule has 2 atom stereocenters. The van der Waals surface area contributed by atoms with Crippen molar-refractivity contribution in [1.82, 2.24) is 9.55 Å². The lowest BCUT2D eigenvalue weighted by atomic mass is 10.3. The maximum absolute atomic E-state index is 10.6. The van der Waals surface area contributed by atoms with Crippen molar-refractivity contribution >= 4 is 17.7 Å². The molecule has 1 aromatic heterocycles. The van der Waals surface area contributed by atoms with Crippen molar-refractivity contribution < 1.29 is 9.90 Å². The second kappa shape index (κ2) is 5.12. The number of nitrogens with zero attached hydrogens (tertiary/aromatic N) is 2. The summed E-state index contributed by atoms with van der Waals surface area (Å²) in [5.41, 5.74) is 1.22. The Morgan fingerprint density at radius 2 is 2.41 bits per heavy atom. The molecule has 5 heteroatoms. The van der Waals surface area contributed by atoms with Crippen LogP contribution in [0.2, 0.25) is 0 Å². The van der Waals surface area contributed by atoms with Crippen LogP contribution in [0.4, 0.5) is 0 Å². The molecule has 1 heterocycles. The van der Waals surface area contributed by atoms with Gasteiger partial charge in [-0.1, -0.05) is 32.0 Å². The van der Waals surface area contributed by atoms with Gasteiger partial charge in [0.05, 0.1) is 5.75 Å². The molecule has 1 N–H and O–H groups in total. The van der Waals surface area contributed by atoms with E-state index in [0.717, 1.165) is 17.5 Å². The number of rotatable bonds is 6. The Hall–Kier alpha value is -0.970. The molecule has 1 saturated carbocycles. The van der Waals surface area contributed by atoms with E-state index in [4.69, 9.17) is 5.11 Å². The normalized spacial score (nSPS) is 22.7. The van der Waals surface area contributed by atoms with Crippen LogP contribution >= 0.6 is 11.8 Å². The maximum atomic E-state index is 10.6. The average molecular weight is 254 g/mol. The summed E-state index contributed by atoms with van der Waals surface area (Å²) in [7, 11) is 0. The van der Waals surface area contributed by atoms with E-state index in [9.17, 15) is 4.79 Å². The minimum Gasteiger partial charge on any atom is -0.481 e. The standard InChI is InChI=1S/C12H18N2O2S/c1-3-8-5-10(8)14-9(4-2)6-13-12(14)17-7-11(15)16/h6,8,10H,3-5,7H2,1-2H3,(H,15,16). The zero-order chi connectivity index (χ0) is 12.4. The van der Waals surface area contributed by atoms with Gasteiger partial charge in [-0.15, -0.1) is 0 Å². The van der Waals surface area contributed by atoms with E-state index < -0.39 is 5.97 Å². The van der Waals surface area contributed by atoms with Crippen LogP contribution in [0.25, 0.3) is 0 Å². The van der Waals surface area contributed by atoms with Gasteiger partial charge >= 0.3 is 5.97 Å². The van der Waals surface area contributed by atoms with Crippen molar-refractivity contribution in [3.8, 4) is 0 Å². The van der Waals surface area contributed by atoms with E-state index in [-0.39, 0.29) is 5.75 Å². The Bertz CT molecular complexity index is 417. The highest BCUT2D eigenvalue weighted by Crippen LogP contribution is 2.47. The summed E-state index contributed by atoms with van der Waals surface area (Å²) in [6, 6.07) is 0.550. The Morgan fingerprint density at radius 3 is 2.94 bits per heavy atom. The van der Waals surface area contributed by atoms with Gasteiger partial charge in [-0.2, -0.15) is 0 Å². The lowest BCUT2D eigenvalue weighted by molar-refractivity contribution is -0.133. The summed E-state index contributed by atoms with van der Waals surface area (Å²) in [6.07, 6.45) is 5.23. The fourth-order valence-electron chi connectivity index (χ4n) is 2.21. The highest BCUT2D eigenvalue weighted by molar-refractivity contribution is 7.99. The Kier molecular flexibility index (Phi) is 3.76. The van der Waals surface area contributed by atoms with E-state index in [1.54, 1.807) is 0 Å². The number of hydrogen-bond acceptors (Lipinski definition) is 3. The highest BCUT2D eigenvalue weighted by atomic mass is 32.2. The predicted octanol–water partition coefficient (Wildman–Crippen LogP) is 2.59. The Labute approximate surface area is 105 Å². The van der Waals surface area contributed by atoms with Gasteiger partial charge in [0.25, 0.3) is 0 Å². The van der Waals surface area contributed by atoms with Crippen LogP contribution < -0.4 is 0 Å². The zero-order valence-corrected chi connectivity index (χ0v) is 11.0. The van der Waals surface area contributed by atoms with Crippen LogP contribution in [0.3, 0.4) is 0 Å². The maximum Gasteiger partial charge on any atom is 0.313 e. The number of aliphatic carboxylic acids is 1. The molecule has 0 spiro atoms. The summed E-state index contributed by atoms with van der Waals surface area (Å²) >= 11 is 1.32. The van der Waals surface area contributed by atoms with Gasteiger partial charge in [0.1, 0.15) is 0 Å². The summed E-state index contributed by atoms with van der Waals surface area (Å²) < 4.78 is 2.25. The molecule has 0 amide bonds. The van der Waals surface area contributed by atoms with Crippen molar-refractivity contribution in [2.45, 2.75) is 44.3 Å². The number of carboxylic acids is 1. The fourth-order valence-corrected chi connectivity index (χ4v) is 2.98. The third kappa shape index (κ3) is 2.65. The predicted molar refractivity (Wildman–Crippen MR) is 67.4 cm³/mol. The number of carboxylic acid groups (broad SMARTS) is 1. The van der Waals surface area contributed by atoms with Crippen molar-refractivity contribution in [3.05, 3.63) is 11.9 Å². The third-order valence-electron chi connectivity index (χ3n) is 3.27. The fraction of sp³-hybridized carbons (Fsp3) is 0.667. The van der Waals surface area contributed by atoms with E-state index >= 15 is 0 Å². The van der Waals surface area contributed by atoms with Gasteiger partial charge in [0.2, 0.25) is 0 Å². The van der Waals surface area contributed by atoms with Gasteiger partial charge in [0.15, 0.2) is 5.16 Å². The van der Waals surface area contributed by atoms with Crippen LogP contribution in [0.5, 0.6) is 0 Å². The first kappa shape index (κ1) is 12.5. The van der Waals surface area contributed by atoms with E-state index in [1.165, 1.54) is 30.3 Å². The average Bonchev–Trinajstić information content (AvgIpc) is 2.98. The van der Waals surface area contributed by atoms with Crippen LogP contribution in [-0.4, -0.2) is 26.4 Å². The number of carbonyl (C=O) groups is 1. The minimum atomic E-state index is -0.787. The molecule has 2 unspecified atom stereocenters. The SMILES string of the molecule is CCc1cnc(SCC(=O)O)n1C1CC1CC. The number of aromatic nitrogens is 2. The van der Waals surface area contributed by atoms with Crippen molar-refractivity contribution in [1.29, 1.82) is 0 Å². The van der Waals surface area contributed by atoms with E-state index in [0.29, 0.717) is 6.04 Å². The molecule has 0 bridgehead atoms. The van der Waals surface area contributed by atoms with Crippen LogP contribution in [-0.2, 0) is 11.2 Å². The van der Waals surface area contributed by atoms with Crippen molar-refractivity contribution in [2.24, 2.45) is 5.92 Å². The van der Waals surface area contributed by atoms with Crippen LogP contribution in [0.1, 0.15) is 38.4 Å². The first-order valence-corrected chi connectivity index (χ1v) is 7.06. The number of aryl methyl sites for hydroxylation is 1. The van der Waals surface area contributed by atoms with Gasteiger partial charge in [-0.3, -0.25) is 4.79 Å². The van der Waals surface area contributed by atoms with E-state index in [1.807, 2.05) is 6.20 Å². The second-order valence-corrected chi connectivity index (χ2v) is 5.35. The molecular formula is C12H18N2O2S. The van der Waals surface area contributed by atoms with Crippen LogP contribution in [0, 0.1) is 5.92 Å². The van der Waals surface area contributed by atoms with Crippen molar-refractivity contribution in [3.63, 3.8) is 0 Å².